The average molecular weight is 367 g/mol. The number of carbonyl (C=O) groups is 1. The van der Waals surface area contributed by atoms with Crippen LogP contribution in [-0.2, 0) is 0 Å². The molecule has 2 aromatic rings. The smallest absolute Gasteiger partial charge is 0.257 e. The van der Waals surface area contributed by atoms with E-state index in [1.54, 1.807) is 6.20 Å². The lowest BCUT2D eigenvalue weighted by Gasteiger charge is -2.16. The molecule has 0 aliphatic heterocycles. The quantitative estimate of drug-likeness (QED) is 0.684. The molecule has 1 heterocycles. The molecule has 2 N–H and O–H groups in total. The molecule has 0 spiro atoms. The number of nitrogens with one attached hydrogen (secondary N) is 2. The van der Waals surface area contributed by atoms with E-state index >= 15 is 0 Å². The summed E-state index contributed by atoms with van der Waals surface area (Å²) in [5.41, 5.74) is 1.28. The average Bonchev–Trinajstić information content (AvgIpc) is 2.92. The van der Waals surface area contributed by atoms with Crippen molar-refractivity contribution in [3.8, 4) is 5.75 Å². The fourth-order valence-corrected chi connectivity index (χ4v) is 3.34. The highest BCUT2D eigenvalue weighted by molar-refractivity contribution is 6.04. The largest absolute Gasteiger partial charge is 0.491 e. The third-order valence-electron chi connectivity index (χ3n) is 4.72. The van der Waals surface area contributed by atoms with Gasteiger partial charge < -0.3 is 15.4 Å². The number of nitrogens with zero attached hydrogens (tertiary/aromatic N) is 1. The van der Waals surface area contributed by atoms with Gasteiger partial charge in [-0.2, -0.15) is 0 Å². The second-order valence-electron chi connectivity index (χ2n) is 7.41. The zero-order valence-electron chi connectivity index (χ0n) is 16.2. The predicted molar refractivity (Wildman–Crippen MR) is 110 cm³/mol. The Balaban J connectivity index is 1.55. The minimum atomic E-state index is -0.166. The zero-order valence-corrected chi connectivity index (χ0v) is 16.2. The van der Waals surface area contributed by atoms with Crippen molar-refractivity contribution in [1.82, 2.24) is 4.98 Å². The summed E-state index contributed by atoms with van der Waals surface area (Å²) in [7, 11) is 0. The first kappa shape index (κ1) is 19.2. The molecule has 144 valence electrons. The lowest BCUT2D eigenvalue weighted by Crippen LogP contribution is -2.19. The highest BCUT2D eigenvalue weighted by Crippen LogP contribution is 2.21. The van der Waals surface area contributed by atoms with E-state index in [2.05, 4.69) is 15.6 Å². The number of rotatable bonds is 6. The summed E-state index contributed by atoms with van der Waals surface area (Å²) in [6, 6.07) is 11.6. The highest BCUT2D eigenvalue weighted by atomic mass is 16.5. The molecule has 1 fully saturated rings. The van der Waals surface area contributed by atoms with Gasteiger partial charge >= 0.3 is 0 Å². The van der Waals surface area contributed by atoms with E-state index in [4.69, 9.17) is 4.74 Å². The number of benzene rings is 1. The lowest BCUT2D eigenvalue weighted by atomic mass is 10.1. The van der Waals surface area contributed by atoms with Crippen LogP contribution in [0.3, 0.4) is 0 Å². The van der Waals surface area contributed by atoms with Crippen LogP contribution in [0.2, 0.25) is 0 Å². The van der Waals surface area contributed by atoms with Crippen LogP contribution in [0.15, 0.2) is 42.6 Å². The van der Waals surface area contributed by atoms with E-state index in [1.165, 1.54) is 38.5 Å². The van der Waals surface area contributed by atoms with Crippen molar-refractivity contribution >= 4 is 17.4 Å². The molecule has 5 heteroatoms. The first-order valence-corrected chi connectivity index (χ1v) is 9.91. The van der Waals surface area contributed by atoms with Gasteiger partial charge in [0.25, 0.3) is 5.91 Å². The first-order chi connectivity index (χ1) is 13.1. The van der Waals surface area contributed by atoms with Gasteiger partial charge in [-0.15, -0.1) is 0 Å². The number of pyridine rings is 1. The molecule has 0 atom stereocenters. The van der Waals surface area contributed by atoms with Gasteiger partial charge in [-0.3, -0.25) is 4.79 Å². The minimum absolute atomic E-state index is 0.127. The fourth-order valence-electron chi connectivity index (χ4n) is 3.34. The summed E-state index contributed by atoms with van der Waals surface area (Å²) < 4.78 is 5.61. The van der Waals surface area contributed by atoms with Gasteiger partial charge in [-0.05, 0) is 63.1 Å². The van der Waals surface area contributed by atoms with Crippen LogP contribution in [0.4, 0.5) is 11.5 Å². The number of aromatic nitrogens is 1. The van der Waals surface area contributed by atoms with E-state index in [9.17, 15) is 4.79 Å². The summed E-state index contributed by atoms with van der Waals surface area (Å²) >= 11 is 0. The third-order valence-corrected chi connectivity index (χ3v) is 4.72. The Morgan fingerprint density at radius 2 is 1.74 bits per heavy atom. The Bertz CT molecular complexity index is 718. The van der Waals surface area contributed by atoms with Crippen LogP contribution in [-0.4, -0.2) is 23.0 Å². The van der Waals surface area contributed by atoms with E-state index < -0.39 is 0 Å². The maximum absolute atomic E-state index is 12.4. The maximum atomic E-state index is 12.4. The molecular weight excluding hydrogens is 338 g/mol. The third kappa shape index (κ3) is 5.98. The van der Waals surface area contributed by atoms with Crippen molar-refractivity contribution in [3.63, 3.8) is 0 Å². The zero-order chi connectivity index (χ0) is 19.1. The lowest BCUT2D eigenvalue weighted by molar-refractivity contribution is 0.102. The monoisotopic (exact) mass is 367 g/mol. The predicted octanol–water partition coefficient (Wildman–Crippen LogP) is 5.26. The van der Waals surface area contributed by atoms with Crippen LogP contribution < -0.4 is 15.4 Å². The molecule has 0 saturated heterocycles. The molecule has 1 amide bonds. The molecule has 0 unspecified atom stereocenters. The molecule has 3 rings (SSSR count). The maximum Gasteiger partial charge on any atom is 0.257 e. The van der Waals surface area contributed by atoms with E-state index in [0.717, 1.165) is 17.3 Å². The van der Waals surface area contributed by atoms with Gasteiger partial charge in [0, 0.05) is 17.9 Å². The summed E-state index contributed by atoms with van der Waals surface area (Å²) in [5.74, 6) is 1.47. The van der Waals surface area contributed by atoms with Crippen molar-refractivity contribution in [3.05, 3.63) is 48.2 Å². The normalized spacial score (nSPS) is 15.2. The summed E-state index contributed by atoms with van der Waals surface area (Å²) in [4.78, 5) is 16.8. The summed E-state index contributed by atoms with van der Waals surface area (Å²) in [6.07, 6.45) is 9.36. The number of carbonyl (C=O) groups excluding carboxylic acids is 1. The molecule has 1 aliphatic carbocycles. The summed E-state index contributed by atoms with van der Waals surface area (Å²) in [6.45, 7) is 3.97. The van der Waals surface area contributed by atoms with Crippen molar-refractivity contribution in [2.75, 3.05) is 10.6 Å². The standard InChI is InChI=1S/C22H29N3O2/c1-16(2)27-20-12-10-19(11-13-20)25-22(26)17-9-14-21(23-15-17)24-18-7-5-3-4-6-8-18/h9-16,18H,3-8H2,1-2H3,(H,23,24)(H,25,26). The van der Waals surface area contributed by atoms with Crippen LogP contribution in [0.5, 0.6) is 5.75 Å². The minimum Gasteiger partial charge on any atom is -0.491 e. The van der Waals surface area contributed by atoms with Crippen molar-refractivity contribution in [2.45, 2.75) is 64.5 Å². The van der Waals surface area contributed by atoms with Crippen LogP contribution in [0.25, 0.3) is 0 Å². The van der Waals surface area contributed by atoms with Crippen molar-refractivity contribution in [1.29, 1.82) is 0 Å². The Labute approximate surface area is 161 Å². The van der Waals surface area contributed by atoms with Crippen LogP contribution >= 0.6 is 0 Å². The molecule has 1 aromatic heterocycles. The van der Waals surface area contributed by atoms with Crippen LogP contribution in [0.1, 0.15) is 62.7 Å². The van der Waals surface area contributed by atoms with Crippen molar-refractivity contribution in [2.24, 2.45) is 0 Å². The second kappa shape index (κ2) is 9.40. The fraction of sp³-hybridized carbons (Fsp3) is 0.455. The van der Waals surface area contributed by atoms with Gasteiger partial charge in [0.15, 0.2) is 0 Å². The molecule has 0 bridgehead atoms. The Morgan fingerprint density at radius 3 is 2.33 bits per heavy atom. The SMILES string of the molecule is CC(C)Oc1ccc(NC(=O)c2ccc(NC3CCCCCC3)nc2)cc1. The first-order valence-electron chi connectivity index (χ1n) is 9.91. The van der Waals surface area contributed by atoms with Crippen molar-refractivity contribution < 1.29 is 9.53 Å². The molecule has 1 aromatic carbocycles. The molecule has 1 saturated carbocycles. The van der Waals surface area contributed by atoms with Gasteiger partial charge in [-0.1, -0.05) is 25.7 Å². The number of hydrogen-bond acceptors (Lipinski definition) is 4. The molecule has 27 heavy (non-hydrogen) atoms. The number of ether oxygens (including phenoxy) is 1. The topological polar surface area (TPSA) is 63.2 Å². The molecule has 1 aliphatic rings. The number of hydrogen-bond donors (Lipinski definition) is 2. The number of amides is 1. The number of anilines is 2. The van der Waals surface area contributed by atoms with Gasteiger partial charge in [0.05, 0.1) is 11.7 Å². The molecular formula is C22H29N3O2. The molecule has 0 radical (unpaired) electrons. The Hall–Kier alpha value is -2.56. The van der Waals surface area contributed by atoms with Gasteiger partial charge in [0.2, 0.25) is 0 Å². The second-order valence-corrected chi connectivity index (χ2v) is 7.41. The Kier molecular flexibility index (Phi) is 6.69. The highest BCUT2D eigenvalue weighted by Gasteiger charge is 2.13. The summed E-state index contributed by atoms with van der Waals surface area (Å²) in [5, 5.41) is 6.39. The van der Waals surface area contributed by atoms with Gasteiger partial charge in [-0.25, -0.2) is 4.98 Å². The Morgan fingerprint density at radius 1 is 1.04 bits per heavy atom. The van der Waals surface area contributed by atoms with E-state index in [1.807, 2.05) is 50.2 Å². The van der Waals surface area contributed by atoms with Crippen LogP contribution in [0, 0.1) is 0 Å². The molecule has 5 nitrogen and oxygen atoms in total. The van der Waals surface area contributed by atoms with E-state index in [-0.39, 0.29) is 12.0 Å². The van der Waals surface area contributed by atoms with E-state index in [0.29, 0.717) is 11.6 Å². The van der Waals surface area contributed by atoms with Gasteiger partial charge in [0.1, 0.15) is 11.6 Å².